The SMILES string of the molecule is CC1(c2ccccc2)c2ccccc2-c2ccc(N(c3cccc4c3-c3ccccc3C4(c3ccccc3)c3ccccc3)c3cccc4c3oc3ccccc34)cc21. The van der Waals surface area contributed by atoms with Crippen LogP contribution in [0, 0.1) is 0 Å². The summed E-state index contributed by atoms with van der Waals surface area (Å²) in [5.74, 6) is 0. The number of rotatable bonds is 6. The van der Waals surface area contributed by atoms with E-state index in [9.17, 15) is 0 Å². The van der Waals surface area contributed by atoms with Gasteiger partial charge in [0.2, 0.25) is 0 Å². The molecule has 0 radical (unpaired) electrons. The van der Waals surface area contributed by atoms with Gasteiger partial charge in [-0.2, -0.15) is 0 Å². The molecule has 0 spiro atoms. The summed E-state index contributed by atoms with van der Waals surface area (Å²) in [7, 11) is 0. The molecule has 2 aliphatic carbocycles. The number of para-hydroxylation sites is 2. The average molecular weight is 754 g/mol. The molecule has 2 heteroatoms. The molecule has 1 atom stereocenters. The fraction of sp³-hybridized carbons (Fsp3) is 0.0526. The van der Waals surface area contributed by atoms with Gasteiger partial charge in [0.25, 0.3) is 0 Å². The van der Waals surface area contributed by atoms with Crippen LogP contribution in [0.2, 0.25) is 0 Å². The standard InChI is InChI=1S/C57H39NO/c1-56(38-19-5-2-6-20-38)47-29-14-11-25-42(47)43-36-35-41(37-50(43)56)58(52-33-17-28-45-44-26-13-16-34-53(44)59-55(45)52)51-32-18-31-49-54(51)46-27-12-15-30-48(46)57(49,39-21-7-3-8-22-39)40-23-9-4-10-24-40/h2-37H,1H3. The number of fused-ring (bicyclic) bond motifs is 9. The molecule has 1 aromatic heterocycles. The third-order valence-corrected chi connectivity index (χ3v) is 13.2. The summed E-state index contributed by atoms with van der Waals surface area (Å²) in [6.45, 7) is 2.39. The largest absolute Gasteiger partial charge is 0.454 e. The van der Waals surface area contributed by atoms with Crippen molar-refractivity contribution in [2.75, 3.05) is 4.90 Å². The number of anilines is 3. The van der Waals surface area contributed by atoms with Crippen LogP contribution in [0.4, 0.5) is 17.1 Å². The molecule has 2 nitrogen and oxygen atoms in total. The highest BCUT2D eigenvalue weighted by molar-refractivity contribution is 6.11. The first-order valence-electron chi connectivity index (χ1n) is 20.5. The van der Waals surface area contributed by atoms with Crippen LogP contribution < -0.4 is 4.90 Å². The van der Waals surface area contributed by atoms with Gasteiger partial charge in [-0.25, -0.2) is 0 Å². The van der Waals surface area contributed by atoms with E-state index in [1.54, 1.807) is 0 Å². The van der Waals surface area contributed by atoms with Crippen LogP contribution in [0.15, 0.2) is 223 Å². The Morgan fingerprint density at radius 3 is 1.68 bits per heavy atom. The van der Waals surface area contributed by atoms with Gasteiger partial charge < -0.3 is 9.32 Å². The minimum absolute atomic E-state index is 0.360. The second-order valence-electron chi connectivity index (χ2n) is 16.1. The Kier molecular flexibility index (Phi) is 7.31. The van der Waals surface area contributed by atoms with Gasteiger partial charge in [-0.3, -0.25) is 0 Å². The van der Waals surface area contributed by atoms with Crippen molar-refractivity contribution in [1.82, 2.24) is 0 Å². The number of nitrogens with zero attached hydrogens (tertiary/aromatic N) is 1. The normalized spacial score (nSPS) is 15.7. The van der Waals surface area contributed by atoms with Crippen molar-refractivity contribution >= 4 is 39.0 Å². The lowest BCUT2D eigenvalue weighted by Crippen LogP contribution is -2.28. The van der Waals surface area contributed by atoms with Gasteiger partial charge in [-0.15, -0.1) is 0 Å². The lowest BCUT2D eigenvalue weighted by atomic mass is 9.68. The van der Waals surface area contributed by atoms with Crippen molar-refractivity contribution in [3.63, 3.8) is 0 Å². The predicted molar refractivity (Wildman–Crippen MR) is 243 cm³/mol. The Labute approximate surface area is 344 Å². The fourth-order valence-corrected chi connectivity index (χ4v) is 10.7. The van der Waals surface area contributed by atoms with Gasteiger partial charge in [0.1, 0.15) is 5.58 Å². The molecule has 0 saturated heterocycles. The lowest BCUT2D eigenvalue weighted by Gasteiger charge is -2.34. The Morgan fingerprint density at radius 2 is 0.932 bits per heavy atom. The van der Waals surface area contributed by atoms with Gasteiger partial charge in [0, 0.05) is 27.4 Å². The average Bonchev–Trinajstić information content (AvgIpc) is 3.93. The zero-order valence-electron chi connectivity index (χ0n) is 32.6. The highest BCUT2D eigenvalue weighted by atomic mass is 16.3. The second kappa shape index (κ2) is 12.8. The molecule has 0 bridgehead atoms. The molecule has 2 aliphatic rings. The molecule has 59 heavy (non-hydrogen) atoms. The van der Waals surface area contributed by atoms with Crippen LogP contribution in [0.1, 0.15) is 45.9 Å². The Morgan fingerprint density at radius 1 is 0.390 bits per heavy atom. The number of benzene rings is 9. The maximum Gasteiger partial charge on any atom is 0.159 e. The summed E-state index contributed by atoms with van der Waals surface area (Å²) in [5.41, 5.74) is 18.0. The van der Waals surface area contributed by atoms with E-state index in [1.165, 1.54) is 61.2 Å². The van der Waals surface area contributed by atoms with Crippen molar-refractivity contribution in [1.29, 1.82) is 0 Å². The fourth-order valence-electron chi connectivity index (χ4n) is 10.7. The van der Waals surface area contributed by atoms with Crippen molar-refractivity contribution in [3.8, 4) is 22.3 Å². The summed E-state index contributed by atoms with van der Waals surface area (Å²) >= 11 is 0. The van der Waals surface area contributed by atoms with Gasteiger partial charge in [-0.05, 0) is 92.9 Å². The van der Waals surface area contributed by atoms with Crippen LogP contribution in [0.25, 0.3) is 44.2 Å². The smallest absolute Gasteiger partial charge is 0.159 e. The molecule has 0 saturated carbocycles. The van der Waals surface area contributed by atoms with Crippen LogP contribution in [0.3, 0.4) is 0 Å². The molecule has 1 unspecified atom stereocenters. The topological polar surface area (TPSA) is 16.4 Å². The minimum Gasteiger partial charge on any atom is -0.454 e. The zero-order valence-corrected chi connectivity index (χ0v) is 32.6. The summed E-state index contributed by atoms with van der Waals surface area (Å²) in [6, 6.07) is 80.1. The summed E-state index contributed by atoms with van der Waals surface area (Å²) in [6.07, 6.45) is 0. The van der Waals surface area contributed by atoms with Crippen LogP contribution in [0.5, 0.6) is 0 Å². The van der Waals surface area contributed by atoms with E-state index in [4.69, 9.17) is 4.42 Å². The van der Waals surface area contributed by atoms with Gasteiger partial charge in [0.05, 0.1) is 16.8 Å². The van der Waals surface area contributed by atoms with Crippen molar-refractivity contribution in [2.24, 2.45) is 0 Å². The molecule has 0 amide bonds. The second-order valence-corrected chi connectivity index (χ2v) is 16.1. The number of hydrogen-bond donors (Lipinski definition) is 0. The monoisotopic (exact) mass is 753 g/mol. The Bertz CT molecular complexity index is 3200. The molecule has 12 rings (SSSR count). The van der Waals surface area contributed by atoms with E-state index in [-0.39, 0.29) is 5.41 Å². The van der Waals surface area contributed by atoms with E-state index in [0.717, 1.165) is 39.0 Å². The maximum atomic E-state index is 6.89. The first-order chi connectivity index (χ1) is 29.2. The Balaban J connectivity index is 1.19. The third kappa shape index (κ3) is 4.63. The van der Waals surface area contributed by atoms with E-state index in [1.807, 2.05) is 0 Å². The van der Waals surface area contributed by atoms with Crippen LogP contribution >= 0.6 is 0 Å². The van der Waals surface area contributed by atoms with E-state index >= 15 is 0 Å². The molecule has 0 N–H and O–H groups in total. The van der Waals surface area contributed by atoms with E-state index in [2.05, 4.69) is 230 Å². The van der Waals surface area contributed by atoms with Crippen LogP contribution in [-0.4, -0.2) is 0 Å². The van der Waals surface area contributed by atoms with Gasteiger partial charge >= 0.3 is 0 Å². The van der Waals surface area contributed by atoms with Crippen molar-refractivity contribution < 1.29 is 4.42 Å². The summed E-state index contributed by atoms with van der Waals surface area (Å²) < 4.78 is 6.89. The lowest BCUT2D eigenvalue weighted by molar-refractivity contribution is 0.669. The molecular formula is C57H39NO. The molecule has 9 aromatic carbocycles. The van der Waals surface area contributed by atoms with Gasteiger partial charge in [-0.1, -0.05) is 188 Å². The zero-order chi connectivity index (χ0) is 39.1. The molecule has 10 aromatic rings. The van der Waals surface area contributed by atoms with E-state index < -0.39 is 5.41 Å². The molecule has 0 fully saturated rings. The first-order valence-corrected chi connectivity index (χ1v) is 20.5. The van der Waals surface area contributed by atoms with Crippen molar-refractivity contribution in [2.45, 2.75) is 17.8 Å². The molecule has 0 aliphatic heterocycles. The minimum atomic E-state index is -0.535. The summed E-state index contributed by atoms with van der Waals surface area (Å²) in [4.78, 5) is 2.47. The Hall–Kier alpha value is -7.42. The van der Waals surface area contributed by atoms with Crippen molar-refractivity contribution in [3.05, 3.63) is 257 Å². The maximum absolute atomic E-state index is 6.89. The first kappa shape index (κ1) is 33.7. The highest BCUT2D eigenvalue weighted by Crippen LogP contribution is 2.61. The summed E-state index contributed by atoms with van der Waals surface area (Å²) in [5, 5.41) is 2.21. The highest BCUT2D eigenvalue weighted by Gasteiger charge is 2.48. The number of hydrogen-bond acceptors (Lipinski definition) is 2. The van der Waals surface area contributed by atoms with E-state index in [0.29, 0.717) is 0 Å². The quantitative estimate of drug-likeness (QED) is 0.168. The molecular weight excluding hydrogens is 715 g/mol. The molecule has 278 valence electrons. The predicted octanol–water partition coefficient (Wildman–Crippen LogP) is 14.8. The molecule has 1 heterocycles. The number of furan rings is 1. The third-order valence-electron chi connectivity index (χ3n) is 13.2. The van der Waals surface area contributed by atoms with Crippen LogP contribution in [-0.2, 0) is 10.8 Å². The van der Waals surface area contributed by atoms with Gasteiger partial charge in [0.15, 0.2) is 5.58 Å².